The molecule has 1 aliphatic heterocycles. The first-order valence-corrected chi connectivity index (χ1v) is 6.22. The lowest BCUT2D eigenvalue weighted by molar-refractivity contribution is -0.168. The number of hydrogen-bond acceptors (Lipinski definition) is 2. The second-order valence-corrected chi connectivity index (χ2v) is 4.47. The number of nitrogens with one attached hydrogen (secondary N) is 1. The first-order valence-electron chi connectivity index (χ1n) is 6.22. The van der Waals surface area contributed by atoms with Gasteiger partial charge in [-0.05, 0) is 25.3 Å². The van der Waals surface area contributed by atoms with Crippen LogP contribution in [0.5, 0.6) is 0 Å². The van der Waals surface area contributed by atoms with Gasteiger partial charge < -0.3 is 14.5 Å². The maximum Gasteiger partial charge on any atom is 0.158 e. The van der Waals surface area contributed by atoms with Gasteiger partial charge in [-0.15, -0.1) is 0 Å². The van der Waals surface area contributed by atoms with E-state index in [1.165, 1.54) is 17.4 Å². The number of aromatic amines is 1. The van der Waals surface area contributed by atoms with Crippen LogP contribution in [0.1, 0.15) is 24.8 Å². The first kappa shape index (κ1) is 10.8. The molecule has 3 heteroatoms. The predicted molar refractivity (Wildman–Crippen MR) is 66.7 cm³/mol. The van der Waals surface area contributed by atoms with Crippen LogP contribution < -0.4 is 0 Å². The number of aromatic nitrogens is 1. The van der Waals surface area contributed by atoms with Crippen molar-refractivity contribution >= 4 is 10.9 Å². The van der Waals surface area contributed by atoms with Crippen molar-refractivity contribution in [2.45, 2.75) is 32.2 Å². The topological polar surface area (TPSA) is 34.2 Å². The summed E-state index contributed by atoms with van der Waals surface area (Å²) in [5, 5.41) is 1.24. The van der Waals surface area contributed by atoms with Gasteiger partial charge in [0.1, 0.15) is 0 Å². The van der Waals surface area contributed by atoms with E-state index in [9.17, 15) is 0 Å². The van der Waals surface area contributed by atoms with Gasteiger partial charge in [-0.2, -0.15) is 0 Å². The third kappa shape index (κ3) is 2.35. The fourth-order valence-corrected chi connectivity index (χ4v) is 2.28. The SMILES string of the molecule is c1ccc2c(COC3CCCCO3)c[nH]c2c1. The molecular weight excluding hydrogens is 214 g/mol. The average molecular weight is 231 g/mol. The summed E-state index contributed by atoms with van der Waals surface area (Å²) < 4.78 is 11.3. The third-order valence-corrected chi connectivity index (χ3v) is 3.24. The number of rotatable bonds is 3. The fraction of sp³-hybridized carbons (Fsp3) is 0.429. The Balaban J connectivity index is 1.68. The van der Waals surface area contributed by atoms with E-state index in [-0.39, 0.29) is 6.29 Å². The van der Waals surface area contributed by atoms with Crippen molar-refractivity contribution in [1.29, 1.82) is 0 Å². The molecule has 1 unspecified atom stereocenters. The summed E-state index contributed by atoms with van der Waals surface area (Å²) in [6, 6.07) is 8.28. The molecule has 1 atom stereocenters. The molecule has 1 N–H and O–H groups in total. The van der Waals surface area contributed by atoms with Crippen molar-refractivity contribution in [2.75, 3.05) is 6.61 Å². The molecule has 0 amide bonds. The lowest BCUT2D eigenvalue weighted by atomic mass is 10.2. The van der Waals surface area contributed by atoms with E-state index in [0.29, 0.717) is 6.61 Å². The van der Waals surface area contributed by atoms with Crippen LogP contribution in [0.3, 0.4) is 0 Å². The summed E-state index contributed by atoms with van der Waals surface area (Å²) in [5.74, 6) is 0. The normalized spacial score (nSPS) is 20.8. The van der Waals surface area contributed by atoms with Crippen LogP contribution in [0.25, 0.3) is 10.9 Å². The van der Waals surface area contributed by atoms with Crippen LogP contribution in [0.15, 0.2) is 30.5 Å². The van der Waals surface area contributed by atoms with E-state index >= 15 is 0 Å². The Morgan fingerprint density at radius 1 is 1.29 bits per heavy atom. The highest BCUT2D eigenvalue weighted by Gasteiger charge is 2.14. The number of H-pyrrole nitrogens is 1. The molecule has 90 valence electrons. The van der Waals surface area contributed by atoms with Crippen molar-refractivity contribution in [2.24, 2.45) is 0 Å². The lowest BCUT2D eigenvalue weighted by Gasteiger charge is -2.22. The van der Waals surface area contributed by atoms with E-state index in [1.807, 2.05) is 12.3 Å². The molecule has 1 aromatic heterocycles. The van der Waals surface area contributed by atoms with Gasteiger partial charge in [-0.3, -0.25) is 0 Å². The average Bonchev–Trinajstić information content (AvgIpc) is 2.81. The molecule has 0 bridgehead atoms. The third-order valence-electron chi connectivity index (χ3n) is 3.24. The Morgan fingerprint density at radius 3 is 3.12 bits per heavy atom. The summed E-state index contributed by atoms with van der Waals surface area (Å²) in [7, 11) is 0. The molecule has 0 radical (unpaired) electrons. The summed E-state index contributed by atoms with van der Waals surface area (Å²) in [6.07, 6.45) is 5.39. The second-order valence-electron chi connectivity index (χ2n) is 4.47. The van der Waals surface area contributed by atoms with E-state index < -0.39 is 0 Å². The van der Waals surface area contributed by atoms with Crippen LogP contribution in [-0.4, -0.2) is 17.9 Å². The Morgan fingerprint density at radius 2 is 2.24 bits per heavy atom. The highest BCUT2D eigenvalue weighted by molar-refractivity contribution is 5.82. The fourth-order valence-electron chi connectivity index (χ4n) is 2.28. The van der Waals surface area contributed by atoms with Gasteiger partial charge in [0.15, 0.2) is 6.29 Å². The van der Waals surface area contributed by atoms with Crippen molar-refractivity contribution in [3.05, 3.63) is 36.0 Å². The van der Waals surface area contributed by atoms with Gasteiger partial charge >= 0.3 is 0 Å². The van der Waals surface area contributed by atoms with E-state index in [4.69, 9.17) is 9.47 Å². The van der Waals surface area contributed by atoms with E-state index in [2.05, 4.69) is 23.2 Å². The molecule has 1 saturated heterocycles. The maximum atomic E-state index is 5.79. The minimum Gasteiger partial charge on any atom is -0.361 e. The maximum absolute atomic E-state index is 5.79. The molecule has 3 rings (SSSR count). The zero-order valence-electron chi connectivity index (χ0n) is 9.82. The standard InChI is InChI=1S/C14H17NO2/c1-2-6-13-12(5-1)11(9-15-13)10-17-14-7-3-4-8-16-14/h1-2,5-6,9,14-15H,3-4,7-8,10H2. The number of ether oxygens (including phenoxy) is 2. The molecule has 3 nitrogen and oxygen atoms in total. The Hall–Kier alpha value is -1.32. The lowest BCUT2D eigenvalue weighted by Crippen LogP contribution is -2.21. The van der Waals surface area contributed by atoms with Crippen molar-refractivity contribution in [3.63, 3.8) is 0 Å². The summed E-state index contributed by atoms with van der Waals surface area (Å²) in [4.78, 5) is 3.26. The number of fused-ring (bicyclic) bond motifs is 1. The van der Waals surface area contributed by atoms with Crippen molar-refractivity contribution in [3.8, 4) is 0 Å². The summed E-state index contributed by atoms with van der Waals surface area (Å²) >= 11 is 0. The second kappa shape index (κ2) is 4.90. The molecule has 1 aromatic carbocycles. The van der Waals surface area contributed by atoms with Crippen molar-refractivity contribution < 1.29 is 9.47 Å². The summed E-state index contributed by atoms with van der Waals surface area (Å²) in [5.41, 5.74) is 2.37. The molecular formula is C14H17NO2. The van der Waals surface area contributed by atoms with Gasteiger partial charge in [0.05, 0.1) is 6.61 Å². The monoisotopic (exact) mass is 231 g/mol. The molecule has 0 aliphatic carbocycles. The molecule has 17 heavy (non-hydrogen) atoms. The first-order chi connectivity index (χ1) is 8.43. The van der Waals surface area contributed by atoms with Crippen LogP contribution in [-0.2, 0) is 16.1 Å². The Bertz CT molecular complexity index is 486. The van der Waals surface area contributed by atoms with Crippen molar-refractivity contribution in [1.82, 2.24) is 4.98 Å². The summed E-state index contributed by atoms with van der Waals surface area (Å²) in [6.45, 7) is 1.45. The number of benzene rings is 1. The highest BCUT2D eigenvalue weighted by atomic mass is 16.7. The van der Waals surface area contributed by atoms with Crippen LogP contribution in [0.2, 0.25) is 0 Å². The largest absolute Gasteiger partial charge is 0.361 e. The minimum atomic E-state index is -0.0163. The Kier molecular flexibility index (Phi) is 3.12. The minimum absolute atomic E-state index is 0.0163. The smallest absolute Gasteiger partial charge is 0.158 e. The molecule has 1 fully saturated rings. The number of para-hydroxylation sites is 1. The molecule has 2 heterocycles. The van der Waals surface area contributed by atoms with Crippen LogP contribution in [0, 0.1) is 0 Å². The molecule has 1 aliphatic rings. The van der Waals surface area contributed by atoms with Gasteiger partial charge in [-0.1, -0.05) is 18.2 Å². The Labute approximate surface area is 101 Å². The zero-order valence-corrected chi connectivity index (χ0v) is 9.82. The predicted octanol–water partition coefficient (Wildman–Crippen LogP) is 3.21. The molecule has 2 aromatic rings. The van der Waals surface area contributed by atoms with Crippen LogP contribution in [0.4, 0.5) is 0 Å². The van der Waals surface area contributed by atoms with Gasteiger partial charge in [0.2, 0.25) is 0 Å². The van der Waals surface area contributed by atoms with E-state index in [0.717, 1.165) is 25.0 Å². The zero-order chi connectivity index (χ0) is 11.5. The van der Waals surface area contributed by atoms with Crippen LogP contribution >= 0.6 is 0 Å². The highest BCUT2D eigenvalue weighted by Crippen LogP contribution is 2.21. The molecule has 0 saturated carbocycles. The quantitative estimate of drug-likeness (QED) is 0.880. The molecule has 0 spiro atoms. The van der Waals surface area contributed by atoms with E-state index in [1.54, 1.807) is 0 Å². The van der Waals surface area contributed by atoms with Gasteiger partial charge in [0.25, 0.3) is 0 Å². The number of hydrogen-bond donors (Lipinski definition) is 1. The van der Waals surface area contributed by atoms with Gasteiger partial charge in [0, 0.05) is 29.3 Å². The van der Waals surface area contributed by atoms with Gasteiger partial charge in [-0.25, -0.2) is 0 Å².